The molecule has 0 fully saturated rings. The summed E-state index contributed by atoms with van der Waals surface area (Å²) in [6.45, 7) is 4.78. The largest absolute Gasteiger partial charge is 0.504 e. The number of rotatable bonds is 3. The Balaban J connectivity index is 1.98. The van der Waals surface area contributed by atoms with Crippen LogP contribution in [0.25, 0.3) is 49.2 Å². The van der Waals surface area contributed by atoms with Crippen LogP contribution in [0.15, 0.2) is 27.3 Å². The van der Waals surface area contributed by atoms with E-state index in [4.69, 9.17) is 14.2 Å². The summed E-state index contributed by atoms with van der Waals surface area (Å²) in [6.07, 6.45) is 2.62. The van der Waals surface area contributed by atoms with Gasteiger partial charge in [-0.2, -0.15) is 0 Å². The maximum absolute atomic E-state index is 13.8. The minimum atomic E-state index is -0.375. The molecule has 0 aromatic heterocycles. The van der Waals surface area contributed by atoms with Gasteiger partial charge >= 0.3 is 0 Å². The number of phenols is 1. The summed E-state index contributed by atoms with van der Waals surface area (Å²) < 4.78 is 17.3. The number of nitrogens with one attached hydrogen (secondary N) is 2. The lowest BCUT2D eigenvalue weighted by atomic mass is 9.83. The summed E-state index contributed by atoms with van der Waals surface area (Å²) in [5, 5.41) is 23.4. The van der Waals surface area contributed by atoms with Gasteiger partial charge in [-0.15, -0.1) is 0 Å². The van der Waals surface area contributed by atoms with E-state index in [1.165, 1.54) is 33.5 Å². The highest BCUT2D eigenvalue weighted by atomic mass is 16.5. The molecule has 0 amide bonds. The Kier molecular flexibility index (Phi) is 4.50. The highest BCUT2D eigenvalue weighted by molar-refractivity contribution is 6.40. The van der Waals surface area contributed by atoms with Crippen LogP contribution in [0.4, 0.5) is 11.4 Å². The number of fused-ring (bicyclic) bond motifs is 4. The predicted octanol–water partition coefficient (Wildman–Crippen LogP) is 4.81. The molecule has 38 heavy (non-hydrogen) atoms. The van der Waals surface area contributed by atoms with Crippen molar-refractivity contribution in [2.75, 3.05) is 38.5 Å². The van der Waals surface area contributed by atoms with E-state index in [-0.39, 0.29) is 33.8 Å². The van der Waals surface area contributed by atoms with Crippen LogP contribution in [0.1, 0.15) is 25.0 Å². The van der Waals surface area contributed by atoms with Gasteiger partial charge in [-0.3, -0.25) is 9.59 Å². The molecular formula is C30H26N2O6. The van der Waals surface area contributed by atoms with E-state index in [2.05, 4.69) is 23.6 Å². The van der Waals surface area contributed by atoms with Crippen LogP contribution in [-0.2, 0) is 6.42 Å². The van der Waals surface area contributed by atoms with E-state index < -0.39 is 0 Å². The second-order valence-electron chi connectivity index (χ2n) is 10.3. The number of hydrogen-bond acceptors (Lipinski definition) is 8. The van der Waals surface area contributed by atoms with Crippen molar-refractivity contribution in [1.29, 1.82) is 0 Å². The molecule has 8 nitrogen and oxygen atoms in total. The fraction of sp³-hybridized carbons (Fsp3) is 0.267. The first-order valence-electron chi connectivity index (χ1n) is 12.5. The monoisotopic (exact) mass is 510 g/mol. The van der Waals surface area contributed by atoms with E-state index in [0.29, 0.717) is 46.0 Å². The number of allylic oxidation sites excluding steroid dienone is 1. The van der Waals surface area contributed by atoms with Gasteiger partial charge in [0.1, 0.15) is 11.5 Å². The van der Waals surface area contributed by atoms with Gasteiger partial charge < -0.3 is 30.0 Å². The third kappa shape index (κ3) is 2.59. The molecule has 5 aromatic carbocycles. The summed E-state index contributed by atoms with van der Waals surface area (Å²) in [7, 11) is 4.53. The molecule has 3 N–H and O–H groups in total. The van der Waals surface area contributed by atoms with Gasteiger partial charge in [-0.05, 0) is 25.7 Å². The van der Waals surface area contributed by atoms with Crippen LogP contribution in [0.3, 0.4) is 0 Å². The molecule has 7 rings (SSSR count). The molecule has 8 heteroatoms. The van der Waals surface area contributed by atoms with E-state index >= 15 is 0 Å². The molecular weight excluding hydrogens is 484 g/mol. The van der Waals surface area contributed by atoms with Gasteiger partial charge in [0.25, 0.3) is 0 Å². The Morgan fingerprint density at radius 3 is 2.08 bits per heavy atom. The Morgan fingerprint density at radius 2 is 1.45 bits per heavy atom. The van der Waals surface area contributed by atoms with Crippen LogP contribution in [0.5, 0.6) is 23.0 Å². The lowest BCUT2D eigenvalue weighted by Crippen LogP contribution is -2.31. The fourth-order valence-corrected chi connectivity index (χ4v) is 6.64. The summed E-state index contributed by atoms with van der Waals surface area (Å²) in [6, 6.07) is 3.00. The SMILES string of the molecule is COc1c(O)c2c(=O)cc(OC)c3c4c(OC)cc(=O)c5c6c(c7c(c(c1CC(C)=C7)c23)c54)NC(C)CN6. The van der Waals surface area contributed by atoms with Crippen LogP contribution in [0, 0.1) is 0 Å². The van der Waals surface area contributed by atoms with Crippen molar-refractivity contribution in [3.63, 3.8) is 0 Å². The molecule has 1 unspecified atom stereocenters. The lowest BCUT2D eigenvalue weighted by molar-refractivity contribution is 0.373. The lowest BCUT2D eigenvalue weighted by Gasteiger charge is -2.31. The first-order chi connectivity index (χ1) is 18.3. The van der Waals surface area contributed by atoms with Gasteiger partial charge in [-0.1, -0.05) is 11.6 Å². The van der Waals surface area contributed by atoms with Crippen LogP contribution in [-0.4, -0.2) is 39.0 Å². The van der Waals surface area contributed by atoms with Crippen molar-refractivity contribution in [3.05, 3.63) is 49.3 Å². The number of methoxy groups -OCH3 is 3. The second-order valence-corrected chi connectivity index (χ2v) is 10.3. The summed E-state index contributed by atoms with van der Waals surface area (Å²) in [5.41, 5.74) is 3.79. The average Bonchev–Trinajstić information content (AvgIpc) is 3.05. The number of hydrogen-bond donors (Lipinski definition) is 3. The molecule has 1 heterocycles. The predicted molar refractivity (Wildman–Crippen MR) is 152 cm³/mol. The molecule has 0 saturated heterocycles. The van der Waals surface area contributed by atoms with Gasteiger partial charge in [0.2, 0.25) is 0 Å². The zero-order valence-corrected chi connectivity index (χ0v) is 21.7. The first-order valence-corrected chi connectivity index (χ1v) is 12.5. The number of ether oxygens (including phenoxy) is 3. The molecule has 0 bridgehead atoms. The molecule has 2 aliphatic rings. The molecule has 0 spiro atoms. The zero-order valence-electron chi connectivity index (χ0n) is 21.7. The zero-order chi connectivity index (χ0) is 26.6. The third-order valence-corrected chi connectivity index (χ3v) is 8.04. The minimum Gasteiger partial charge on any atom is -0.504 e. The number of aromatic hydroxyl groups is 1. The van der Waals surface area contributed by atoms with Crippen molar-refractivity contribution in [3.8, 4) is 23.0 Å². The Bertz CT molecular complexity index is 2010. The Labute approximate surface area is 217 Å². The second kappa shape index (κ2) is 7.54. The summed E-state index contributed by atoms with van der Waals surface area (Å²) >= 11 is 0. The molecule has 1 atom stereocenters. The van der Waals surface area contributed by atoms with Crippen molar-refractivity contribution in [2.24, 2.45) is 0 Å². The first kappa shape index (κ1) is 22.7. The summed E-state index contributed by atoms with van der Waals surface area (Å²) in [4.78, 5) is 27.2. The standard InChI is InChI=1S/C30H26N2O6/c1-11-6-13-19-20-14(7-11)30(38-5)29(35)22-16(34)9-18(37-4)24(26(20)22)23-17(36-3)8-15(33)21(25(19)23)28-27(13)32-12(2)10-31-28/h6,8-9,12,31-32,35H,7,10H2,1-5H3. The van der Waals surface area contributed by atoms with Crippen molar-refractivity contribution < 1.29 is 19.3 Å². The maximum atomic E-state index is 13.8. The van der Waals surface area contributed by atoms with E-state index in [1.807, 2.05) is 6.92 Å². The molecule has 5 aromatic rings. The third-order valence-electron chi connectivity index (χ3n) is 8.04. The molecule has 192 valence electrons. The quantitative estimate of drug-likeness (QED) is 0.235. The van der Waals surface area contributed by atoms with E-state index in [9.17, 15) is 14.7 Å². The Hall–Kier alpha value is -4.46. The fourth-order valence-electron chi connectivity index (χ4n) is 6.64. The van der Waals surface area contributed by atoms with Gasteiger partial charge in [0, 0.05) is 62.8 Å². The normalized spacial score (nSPS) is 16.4. The highest BCUT2D eigenvalue weighted by Gasteiger charge is 2.33. The summed E-state index contributed by atoms with van der Waals surface area (Å²) in [5.74, 6) is 0.802. The number of phenolic OH excluding ortho intramolecular Hbond substituents is 1. The van der Waals surface area contributed by atoms with Crippen molar-refractivity contribution in [2.45, 2.75) is 26.3 Å². The number of anilines is 2. The molecule has 0 saturated carbocycles. The molecule has 1 aliphatic carbocycles. The number of benzene rings is 5. The van der Waals surface area contributed by atoms with Gasteiger partial charge in [-0.25, -0.2) is 0 Å². The molecule has 1 aliphatic heterocycles. The van der Waals surface area contributed by atoms with Crippen molar-refractivity contribution >= 4 is 60.5 Å². The Morgan fingerprint density at radius 1 is 0.816 bits per heavy atom. The maximum Gasteiger partial charge on any atom is 0.194 e. The minimum absolute atomic E-state index is 0.131. The topological polar surface area (TPSA) is 106 Å². The molecule has 0 radical (unpaired) electrons. The van der Waals surface area contributed by atoms with E-state index in [1.54, 1.807) is 0 Å². The highest BCUT2D eigenvalue weighted by Crippen LogP contribution is 2.56. The van der Waals surface area contributed by atoms with E-state index in [0.717, 1.165) is 44.2 Å². The van der Waals surface area contributed by atoms with Crippen LogP contribution < -0.4 is 35.7 Å². The van der Waals surface area contributed by atoms with Crippen molar-refractivity contribution in [1.82, 2.24) is 0 Å². The van der Waals surface area contributed by atoms with Gasteiger partial charge in [0.15, 0.2) is 22.4 Å². The average molecular weight is 511 g/mol. The van der Waals surface area contributed by atoms with Crippen LogP contribution >= 0.6 is 0 Å². The van der Waals surface area contributed by atoms with Gasteiger partial charge in [0.05, 0.1) is 43.5 Å². The van der Waals surface area contributed by atoms with Crippen LogP contribution in [0.2, 0.25) is 0 Å². The smallest absolute Gasteiger partial charge is 0.194 e.